The Balaban J connectivity index is 1.63. The van der Waals surface area contributed by atoms with Crippen molar-refractivity contribution in [3.05, 3.63) is 76.8 Å². The molecule has 0 saturated carbocycles. The van der Waals surface area contributed by atoms with E-state index in [4.69, 9.17) is 11.6 Å². The molecule has 6 nitrogen and oxygen atoms in total. The summed E-state index contributed by atoms with van der Waals surface area (Å²) in [6.45, 7) is 1.34. The first-order valence-electron chi connectivity index (χ1n) is 8.96. The molecule has 10 heteroatoms. The molecule has 0 aliphatic carbocycles. The molecule has 4 rings (SSSR count). The van der Waals surface area contributed by atoms with Gasteiger partial charge >= 0.3 is 6.18 Å². The van der Waals surface area contributed by atoms with Crippen molar-refractivity contribution < 1.29 is 18.0 Å². The van der Waals surface area contributed by atoms with Gasteiger partial charge in [-0.2, -0.15) is 13.2 Å². The monoisotopic (exact) mass is 443 g/mol. The number of alkyl halides is 3. The maximum absolute atomic E-state index is 12.8. The highest BCUT2D eigenvalue weighted by Crippen LogP contribution is 2.31. The van der Waals surface area contributed by atoms with Gasteiger partial charge in [0.25, 0.3) is 5.91 Å². The lowest BCUT2D eigenvalue weighted by Crippen LogP contribution is -2.16. The third-order valence-electron chi connectivity index (χ3n) is 4.44. The van der Waals surface area contributed by atoms with Gasteiger partial charge < -0.3 is 5.32 Å². The summed E-state index contributed by atoms with van der Waals surface area (Å²) >= 11 is 6.30. The van der Waals surface area contributed by atoms with Crippen LogP contribution in [0.5, 0.6) is 0 Å². The molecule has 3 aromatic heterocycles. The molecule has 1 aromatic carbocycles. The van der Waals surface area contributed by atoms with Gasteiger partial charge in [-0.25, -0.2) is 15.0 Å². The fraction of sp³-hybridized carbons (Fsp3) is 0.0952. The molecule has 1 N–H and O–H groups in total. The molecular weight excluding hydrogens is 431 g/mol. The average Bonchev–Trinajstić information content (AvgIpc) is 2.74. The highest BCUT2D eigenvalue weighted by atomic mass is 35.5. The third kappa shape index (κ3) is 4.31. The molecule has 156 valence electrons. The van der Waals surface area contributed by atoms with Crippen molar-refractivity contribution in [1.82, 2.24) is 19.9 Å². The van der Waals surface area contributed by atoms with Crippen LogP contribution in [0.4, 0.5) is 18.9 Å². The summed E-state index contributed by atoms with van der Waals surface area (Å²) in [5.41, 5.74) is 1.35. The van der Waals surface area contributed by atoms with Crippen LogP contribution in [-0.4, -0.2) is 25.8 Å². The van der Waals surface area contributed by atoms with Crippen LogP contribution in [0.15, 0.2) is 54.9 Å². The number of hydrogen-bond donors (Lipinski definition) is 1. The highest BCUT2D eigenvalue weighted by Gasteiger charge is 2.33. The lowest BCUT2D eigenvalue weighted by Gasteiger charge is -2.12. The highest BCUT2D eigenvalue weighted by molar-refractivity contribution is 6.33. The van der Waals surface area contributed by atoms with Crippen molar-refractivity contribution in [3.8, 4) is 11.3 Å². The van der Waals surface area contributed by atoms with E-state index in [1.165, 1.54) is 6.92 Å². The number of hydrogen-bond acceptors (Lipinski definition) is 5. The fourth-order valence-electron chi connectivity index (χ4n) is 2.94. The van der Waals surface area contributed by atoms with Gasteiger partial charge in [0.15, 0.2) is 5.65 Å². The largest absolute Gasteiger partial charge is 0.433 e. The number of rotatable bonds is 3. The summed E-state index contributed by atoms with van der Waals surface area (Å²) in [6, 6.07) is 10.1. The predicted octanol–water partition coefficient (Wildman–Crippen LogP) is 5.32. The Morgan fingerprint density at radius 3 is 2.61 bits per heavy atom. The first kappa shape index (κ1) is 20.7. The van der Waals surface area contributed by atoms with Crippen molar-refractivity contribution in [2.45, 2.75) is 13.1 Å². The zero-order chi connectivity index (χ0) is 22.2. The zero-order valence-corrected chi connectivity index (χ0v) is 16.7. The molecule has 0 aliphatic rings. The molecule has 0 saturated heterocycles. The first-order chi connectivity index (χ1) is 14.7. The molecule has 4 aromatic rings. The van der Waals surface area contributed by atoms with Crippen LogP contribution in [0.2, 0.25) is 5.02 Å². The molecule has 0 bridgehead atoms. The van der Waals surface area contributed by atoms with E-state index in [1.807, 2.05) is 0 Å². The second-order valence-corrected chi connectivity index (χ2v) is 6.98. The number of pyridine rings is 2. The van der Waals surface area contributed by atoms with E-state index >= 15 is 0 Å². The minimum Gasteiger partial charge on any atom is -0.322 e. The summed E-state index contributed by atoms with van der Waals surface area (Å²) in [7, 11) is 0. The number of nitrogens with one attached hydrogen (secondary N) is 1. The zero-order valence-electron chi connectivity index (χ0n) is 15.9. The number of fused-ring (bicyclic) bond motifs is 1. The summed E-state index contributed by atoms with van der Waals surface area (Å²) in [5.74, 6) is -0.599. The fourth-order valence-corrected chi connectivity index (χ4v) is 3.15. The van der Waals surface area contributed by atoms with E-state index < -0.39 is 17.8 Å². The molecule has 0 aliphatic heterocycles. The van der Waals surface area contributed by atoms with Gasteiger partial charge in [-0.15, -0.1) is 0 Å². The molecule has 0 fully saturated rings. The molecule has 0 spiro atoms. The number of aromatic nitrogens is 4. The maximum atomic E-state index is 12.8. The van der Waals surface area contributed by atoms with Crippen LogP contribution in [0.3, 0.4) is 0 Å². The Bertz CT molecular complexity index is 1310. The summed E-state index contributed by atoms with van der Waals surface area (Å²) in [5, 5.41) is 3.03. The lowest BCUT2D eigenvalue weighted by molar-refractivity contribution is -0.141. The van der Waals surface area contributed by atoms with Crippen LogP contribution in [-0.2, 0) is 6.18 Å². The van der Waals surface area contributed by atoms with Crippen molar-refractivity contribution in [2.24, 2.45) is 0 Å². The normalized spacial score (nSPS) is 11.5. The van der Waals surface area contributed by atoms with Gasteiger partial charge in [-0.05, 0) is 49.4 Å². The molecular formula is C21H13ClF3N5O. The number of amides is 1. The Morgan fingerprint density at radius 1 is 1.06 bits per heavy atom. The predicted molar refractivity (Wildman–Crippen MR) is 110 cm³/mol. The van der Waals surface area contributed by atoms with Gasteiger partial charge in [0, 0.05) is 17.4 Å². The van der Waals surface area contributed by atoms with Crippen LogP contribution in [0, 0.1) is 6.92 Å². The van der Waals surface area contributed by atoms with Crippen molar-refractivity contribution in [3.63, 3.8) is 0 Å². The van der Waals surface area contributed by atoms with Gasteiger partial charge in [0.1, 0.15) is 11.2 Å². The molecule has 31 heavy (non-hydrogen) atoms. The molecule has 1 amide bonds. The van der Waals surface area contributed by atoms with E-state index in [2.05, 4.69) is 25.3 Å². The number of halogens is 4. The number of anilines is 1. The number of aryl methyl sites for hydroxylation is 1. The van der Waals surface area contributed by atoms with Crippen molar-refractivity contribution in [2.75, 3.05) is 5.32 Å². The van der Waals surface area contributed by atoms with Crippen molar-refractivity contribution >= 4 is 34.4 Å². The van der Waals surface area contributed by atoms with E-state index in [0.29, 0.717) is 33.1 Å². The third-order valence-corrected chi connectivity index (χ3v) is 4.77. The van der Waals surface area contributed by atoms with E-state index in [1.54, 1.807) is 42.7 Å². The van der Waals surface area contributed by atoms with Crippen LogP contribution in [0.25, 0.3) is 22.4 Å². The van der Waals surface area contributed by atoms with E-state index in [0.717, 1.165) is 12.1 Å². The number of nitrogens with zero attached hydrogens (tertiary/aromatic N) is 4. The first-order valence-corrected chi connectivity index (χ1v) is 9.34. The Kier molecular flexibility index (Phi) is 5.28. The standard InChI is InChI=1S/C21H13ClF3N5O/c1-11-13(5-7-18(28-11)21(23,24)25)20(31)29-12-4-6-15(22)14(9-12)17-10-27-16-3-2-8-26-19(16)30-17/h2-10H,1H3,(H,29,31). The maximum Gasteiger partial charge on any atom is 0.433 e. The smallest absolute Gasteiger partial charge is 0.322 e. The minimum atomic E-state index is -4.58. The second-order valence-electron chi connectivity index (χ2n) is 6.58. The number of carbonyl (C=O) groups is 1. The minimum absolute atomic E-state index is 0.0270. The lowest BCUT2D eigenvalue weighted by atomic mass is 10.1. The van der Waals surface area contributed by atoms with E-state index in [9.17, 15) is 18.0 Å². The van der Waals surface area contributed by atoms with Gasteiger partial charge in [0.2, 0.25) is 0 Å². The average molecular weight is 444 g/mol. The molecule has 3 heterocycles. The molecule has 0 unspecified atom stereocenters. The Hall–Kier alpha value is -3.59. The quantitative estimate of drug-likeness (QED) is 0.463. The van der Waals surface area contributed by atoms with Crippen molar-refractivity contribution in [1.29, 1.82) is 0 Å². The van der Waals surface area contributed by atoms with Crippen LogP contribution in [0.1, 0.15) is 21.7 Å². The van der Waals surface area contributed by atoms with Gasteiger partial charge in [-0.3, -0.25) is 9.78 Å². The van der Waals surface area contributed by atoms with Gasteiger partial charge in [-0.1, -0.05) is 11.6 Å². The van der Waals surface area contributed by atoms with Crippen LogP contribution >= 0.6 is 11.6 Å². The SMILES string of the molecule is Cc1nc(C(F)(F)F)ccc1C(=O)Nc1ccc(Cl)c(-c2cnc3cccnc3n2)c1. The molecule has 0 radical (unpaired) electrons. The topological polar surface area (TPSA) is 80.7 Å². The van der Waals surface area contributed by atoms with Gasteiger partial charge in [0.05, 0.1) is 28.2 Å². The summed E-state index contributed by atoms with van der Waals surface area (Å²) in [6.07, 6.45) is -1.44. The summed E-state index contributed by atoms with van der Waals surface area (Å²) in [4.78, 5) is 29.0. The Morgan fingerprint density at radius 2 is 1.87 bits per heavy atom. The summed E-state index contributed by atoms with van der Waals surface area (Å²) < 4.78 is 38.4. The number of carbonyl (C=O) groups excluding carboxylic acids is 1. The molecule has 0 atom stereocenters. The van der Waals surface area contributed by atoms with E-state index in [-0.39, 0.29) is 11.3 Å². The number of benzene rings is 1. The second kappa shape index (κ2) is 7.92. The Labute approximate surface area is 179 Å². The van der Waals surface area contributed by atoms with Crippen LogP contribution < -0.4 is 5.32 Å².